The molecular weight excluding hydrogens is 244 g/mol. The lowest BCUT2D eigenvalue weighted by atomic mass is 10.0. The van der Waals surface area contributed by atoms with Crippen molar-refractivity contribution in [2.24, 2.45) is 0 Å². The first-order valence-electron chi connectivity index (χ1n) is 5.75. The molecule has 19 heavy (non-hydrogen) atoms. The molecule has 2 aromatic rings. The van der Waals surface area contributed by atoms with Gasteiger partial charge >= 0.3 is 0 Å². The highest BCUT2D eigenvalue weighted by Crippen LogP contribution is 2.21. The maximum Gasteiger partial charge on any atom is 0.280 e. The molecule has 0 saturated carbocycles. The van der Waals surface area contributed by atoms with Crippen molar-refractivity contribution in [2.45, 2.75) is 13.3 Å². The Labute approximate surface area is 110 Å². The Morgan fingerprint density at radius 2 is 2.16 bits per heavy atom. The minimum Gasteiger partial charge on any atom is -0.294 e. The van der Waals surface area contributed by atoms with Crippen molar-refractivity contribution in [1.29, 1.82) is 0 Å². The average Bonchev–Trinajstić information content (AvgIpc) is 2.39. The van der Waals surface area contributed by atoms with E-state index in [2.05, 4.69) is 4.98 Å². The fraction of sp³-hybridized carbons (Fsp3) is 0.143. The Morgan fingerprint density at radius 3 is 2.79 bits per heavy atom. The van der Waals surface area contributed by atoms with Gasteiger partial charge in [-0.15, -0.1) is 0 Å². The molecule has 0 unspecified atom stereocenters. The molecule has 96 valence electrons. The molecule has 0 N–H and O–H groups in total. The van der Waals surface area contributed by atoms with E-state index >= 15 is 0 Å². The molecule has 0 spiro atoms. The number of nitrogens with zero attached hydrogens (tertiary/aromatic N) is 2. The van der Waals surface area contributed by atoms with Crippen LogP contribution in [0.25, 0.3) is 0 Å². The largest absolute Gasteiger partial charge is 0.294 e. The van der Waals surface area contributed by atoms with Gasteiger partial charge in [0.05, 0.1) is 10.5 Å². The zero-order valence-corrected chi connectivity index (χ0v) is 10.4. The molecule has 1 aromatic carbocycles. The van der Waals surface area contributed by atoms with Crippen LogP contribution in [-0.4, -0.2) is 15.7 Å². The number of carbonyl (C=O) groups is 1. The van der Waals surface area contributed by atoms with Crippen LogP contribution < -0.4 is 0 Å². The predicted molar refractivity (Wildman–Crippen MR) is 70.1 cm³/mol. The van der Waals surface area contributed by atoms with Crippen LogP contribution in [0.15, 0.2) is 42.7 Å². The molecular formula is C14H12N2O3. The SMILES string of the molecule is Cc1ccc(C(=O)Cc2cccnc2)c([N+](=O)[O-])c1. The summed E-state index contributed by atoms with van der Waals surface area (Å²) in [6, 6.07) is 8.11. The third kappa shape index (κ3) is 3.01. The zero-order valence-electron chi connectivity index (χ0n) is 10.4. The van der Waals surface area contributed by atoms with Gasteiger partial charge in [0.25, 0.3) is 5.69 Å². The van der Waals surface area contributed by atoms with E-state index in [9.17, 15) is 14.9 Å². The van der Waals surface area contributed by atoms with Crippen molar-refractivity contribution < 1.29 is 9.72 Å². The van der Waals surface area contributed by atoms with Gasteiger partial charge in [-0.3, -0.25) is 19.9 Å². The quantitative estimate of drug-likeness (QED) is 0.479. The average molecular weight is 256 g/mol. The second-order valence-corrected chi connectivity index (χ2v) is 4.24. The van der Waals surface area contributed by atoms with Crippen molar-refractivity contribution >= 4 is 11.5 Å². The first-order chi connectivity index (χ1) is 9.08. The van der Waals surface area contributed by atoms with E-state index in [4.69, 9.17) is 0 Å². The molecule has 1 aromatic heterocycles. The second kappa shape index (κ2) is 5.39. The van der Waals surface area contributed by atoms with Crippen LogP contribution in [0.5, 0.6) is 0 Å². The van der Waals surface area contributed by atoms with Gasteiger partial charge in [0.1, 0.15) is 0 Å². The summed E-state index contributed by atoms with van der Waals surface area (Å²) in [6.07, 6.45) is 3.30. The molecule has 0 aliphatic rings. The number of aromatic nitrogens is 1. The van der Waals surface area contributed by atoms with Crippen LogP contribution in [-0.2, 0) is 6.42 Å². The molecule has 0 radical (unpaired) electrons. The van der Waals surface area contributed by atoms with Gasteiger partial charge in [-0.2, -0.15) is 0 Å². The zero-order chi connectivity index (χ0) is 13.8. The van der Waals surface area contributed by atoms with E-state index in [1.54, 1.807) is 37.5 Å². The standard InChI is InChI=1S/C14H12N2O3/c1-10-4-5-12(13(7-10)16(18)19)14(17)8-11-3-2-6-15-9-11/h2-7,9H,8H2,1H3. The minimum atomic E-state index is -0.524. The summed E-state index contributed by atoms with van der Waals surface area (Å²) >= 11 is 0. The Balaban J connectivity index is 2.31. The van der Waals surface area contributed by atoms with Crippen LogP contribution in [0.3, 0.4) is 0 Å². The lowest BCUT2D eigenvalue weighted by molar-refractivity contribution is -0.385. The van der Waals surface area contributed by atoms with Crippen molar-refractivity contribution in [2.75, 3.05) is 0 Å². The fourth-order valence-corrected chi connectivity index (χ4v) is 1.81. The lowest BCUT2D eigenvalue weighted by Crippen LogP contribution is -2.07. The summed E-state index contributed by atoms with van der Waals surface area (Å²) in [5.41, 5.74) is 1.49. The van der Waals surface area contributed by atoms with E-state index in [0.29, 0.717) is 0 Å². The van der Waals surface area contributed by atoms with E-state index in [0.717, 1.165) is 11.1 Å². The van der Waals surface area contributed by atoms with Crippen LogP contribution in [0.1, 0.15) is 21.5 Å². The van der Waals surface area contributed by atoms with Crippen LogP contribution in [0, 0.1) is 17.0 Å². The monoisotopic (exact) mass is 256 g/mol. The Hall–Kier alpha value is -2.56. The number of nitro benzene ring substituents is 1. The summed E-state index contributed by atoms with van der Waals surface area (Å²) < 4.78 is 0. The van der Waals surface area contributed by atoms with E-state index < -0.39 is 4.92 Å². The smallest absolute Gasteiger partial charge is 0.280 e. The predicted octanol–water partition coefficient (Wildman–Crippen LogP) is 2.72. The highest BCUT2D eigenvalue weighted by atomic mass is 16.6. The normalized spacial score (nSPS) is 10.2. The molecule has 5 nitrogen and oxygen atoms in total. The fourth-order valence-electron chi connectivity index (χ4n) is 1.81. The topological polar surface area (TPSA) is 73.1 Å². The van der Waals surface area contributed by atoms with Gasteiger partial charge in [-0.25, -0.2) is 0 Å². The Bertz CT molecular complexity index is 624. The van der Waals surface area contributed by atoms with Gasteiger partial charge in [-0.05, 0) is 30.2 Å². The summed E-state index contributed by atoms with van der Waals surface area (Å²) in [4.78, 5) is 26.5. The maximum atomic E-state index is 12.1. The third-order valence-electron chi connectivity index (χ3n) is 2.74. The highest BCUT2D eigenvalue weighted by Gasteiger charge is 2.20. The molecule has 0 aliphatic heterocycles. The maximum absolute atomic E-state index is 12.1. The molecule has 1 heterocycles. The summed E-state index contributed by atoms with van der Waals surface area (Å²) in [5, 5.41) is 11.0. The van der Waals surface area contributed by atoms with Gasteiger partial charge in [0.15, 0.2) is 5.78 Å². The van der Waals surface area contributed by atoms with Crippen LogP contribution in [0.4, 0.5) is 5.69 Å². The molecule has 0 aliphatic carbocycles. The number of nitro groups is 1. The number of Topliss-reactive ketones (excluding diaryl/α,β-unsaturated/α-hetero) is 1. The highest BCUT2D eigenvalue weighted by molar-refractivity contribution is 6.01. The second-order valence-electron chi connectivity index (χ2n) is 4.24. The van der Waals surface area contributed by atoms with Crippen molar-refractivity contribution in [1.82, 2.24) is 4.98 Å². The molecule has 0 bridgehead atoms. The van der Waals surface area contributed by atoms with Crippen LogP contribution >= 0.6 is 0 Å². The van der Waals surface area contributed by atoms with Gasteiger partial charge < -0.3 is 0 Å². The van der Waals surface area contributed by atoms with Crippen molar-refractivity contribution in [3.8, 4) is 0 Å². The molecule has 0 saturated heterocycles. The first kappa shape index (κ1) is 12.9. The van der Waals surface area contributed by atoms with Crippen molar-refractivity contribution in [3.05, 3.63) is 69.5 Å². The van der Waals surface area contributed by atoms with Crippen molar-refractivity contribution in [3.63, 3.8) is 0 Å². The summed E-state index contributed by atoms with van der Waals surface area (Å²) in [6.45, 7) is 1.75. The minimum absolute atomic E-state index is 0.109. The van der Waals surface area contributed by atoms with E-state index in [1.807, 2.05) is 0 Å². The number of hydrogen-bond donors (Lipinski definition) is 0. The molecule has 0 fully saturated rings. The number of pyridine rings is 1. The summed E-state index contributed by atoms with van der Waals surface area (Å²) in [5.74, 6) is -0.278. The molecule has 0 atom stereocenters. The number of benzene rings is 1. The molecule has 0 amide bonds. The molecule has 2 rings (SSSR count). The number of ketones is 1. The Morgan fingerprint density at radius 1 is 1.37 bits per heavy atom. The van der Waals surface area contributed by atoms with Gasteiger partial charge in [0, 0.05) is 24.9 Å². The number of carbonyl (C=O) groups excluding carboxylic acids is 1. The third-order valence-corrected chi connectivity index (χ3v) is 2.74. The number of aryl methyl sites for hydroxylation is 1. The van der Waals surface area contributed by atoms with Crippen LogP contribution in [0.2, 0.25) is 0 Å². The lowest BCUT2D eigenvalue weighted by Gasteiger charge is -2.03. The first-order valence-corrected chi connectivity index (χ1v) is 5.75. The van der Waals surface area contributed by atoms with E-state index in [1.165, 1.54) is 12.1 Å². The van der Waals surface area contributed by atoms with Gasteiger partial charge in [-0.1, -0.05) is 12.1 Å². The number of hydrogen-bond acceptors (Lipinski definition) is 4. The summed E-state index contributed by atoms with van der Waals surface area (Å²) in [7, 11) is 0. The van der Waals surface area contributed by atoms with E-state index in [-0.39, 0.29) is 23.5 Å². The van der Waals surface area contributed by atoms with Gasteiger partial charge in [0.2, 0.25) is 0 Å². The molecule has 5 heteroatoms. The number of rotatable bonds is 4. The Kier molecular flexibility index (Phi) is 3.66.